The Labute approximate surface area is 96.1 Å². The van der Waals surface area contributed by atoms with Gasteiger partial charge >= 0.3 is 0 Å². The minimum Gasteiger partial charge on any atom is -0.493 e. The summed E-state index contributed by atoms with van der Waals surface area (Å²) < 4.78 is 21.1. The molecule has 1 aromatic carbocycles. The van der Waals surface area contributed by atoms with Crippen molar-refractivity contribution < 1.29 is 18.9 Å². The molecule has 0 atom stereocenters. The monoisotopic (exact) mass is 225 g/mol. The lowest BCUT2D eigenvalue weighted by Crippen LogP contribution is -2.08. The Morgan fingerprint density at radius 1 is 1.19 bits per heavy atom. The van der Waals surface area contributed by atoms with Crippen LogP contribution in [0.5, 0.6) is 17.2 Å². The maximum absolute atomic E-state index is 5.55. The van der Waals surface area contributed by atoms with Gasteiger partial charge in [0.15, 0.2) is 11.5 Å². The van der Waals surface area contributed by atoms with E-state index in [0.717, 1.165) is 0 Å². The highest BCUT2D eigenvalue weighted by Crippen LogP contribution is 2.36. The maximum atomic E-state index is 5.55. The number of hydrogen-bond donors (Lipinski definition) is 0. The molecule has 0 fully saturated rings. The molecule has 0 bridgehead atoms. The number of rotatable bonds is 7. The molecule has 1 radical (unpaired) electrons. The first-order valence-corrected chi connectivity index (χ1v) is 5.16. The van der Waals surface area contributed by atoms with Crippen LogP contribution in [0, 0.1) is 6.07 Å². The minimum atomic E-state index is 0.457. The molecule has 16 heavy (non-hydrogen) atoms. The van der Waals surface area contributed by atoms with Crippen LogP contribution in [0.3, 0.4) is 0 Å². The van der Waals surface area contributed by atoms with Gasteiger partial charge in [-0.3, -0.25) is 0 Å². The van der Waals surface area contributed by atoms with Crippen LogP contribution < -0.4 is 14.2 Å². The summed E-state index contributed by atoms with van der Waals surface area (Å²) in [7, 11) is 3.16. The first kappa shape index (κ1) is 12.6. The molecular formula is C12H17O4. The van der Waals surface area contributed by atoms with E-state index in [1.54, 1.807) is 26.4 Å². The van der Waals surface area contributed by atoms with E-state index < -0.39 is 0 Å². The zero-order chi connectivity index (χ0) is 11.8. The summed E-state index contributed by atoms with van der Waals surface area (Å²) in [5.74, 6) is 1.73. The standard InChI is InChI=1S/C12H17O4/c1-4-15-8-9-16-12-10(13-2)6-5-7-11(12)14-3/h5-6H,4,8-9H2,1-3H3. The lowest BCUT2D eigenvalue weighted by molar-refractivity contribution is 0.107. The van der Waals surface area contributed by atoms with Crippen molar-refractivity contribution in [2.45, 2.75) is 6.92 Å². The number of ether oxygens (including phenoxy) is 4. The van der Waals surface area contributed by atoms with Crippen LogP contribution >= 0.6 is 0 Å². The number of hydrogen-bond acceptors (Lipinski definition) is 4. The van der Waals surface area contributed by atoms with E-state index >= 15 is 0 Å². The third-order valence-corrected chi connectivity index (χ3v) is 1.98. The van der Waals surface area contributed by atoms with Gasteiger partial charge in [0.2, 0.25) is 5.75 Å². The van der Waals surface area contributed by atoms with Crippen LogP contribution in [0.15, 0.2) is 12.1 Å². The molecule has 0 saturated carbocycles. The summed E-state index contributed by atoms with van der Waals surface area (Å²) in [5, 5.41) is 0. The van der Waals surface area contributed by atoms with Gasteiger partial charge in [0, 0.05) is 12.7 Å². The molecule has 0 aliphatic rings. The molecule has 0 aromatic heterocycles. The summed E-state index contributed by atoms with van der Waals surface area (Å²) >= 11 is 0. The van der Waals surface area contributed by atoms with Gasteiger partial charge in [0.1, 0.15) is 6.61 Å². The van der Waals surface area contributed by atoms with E-state index in [-0.39, 0.29) is 0 Å². The zero-order valence-corrected chi connectivity index (χ0v) is 9.91. The quantitative estimate of drug-likeness (QED) is 0.664. The molecule has 4 nitrogen and oxygen atoms in total. The predicted octanol–water partition coefficient (Wildman–Crippen LogP) is 1.92. The molecule has 89 valence electrons. The average Bonchev–Trinajstić information content (AvgIpc) is 2.34. The third-order valence-electron chi connectivity index (χ3n) is 1.98. The molecule has 1 rings (SSSR count). The van der Waals surface area contributed by atoms with Crippen LogP contribution in [0.25, 0.3) is 0 Å². The van der Waals surface area contributed by atoms with Gasteiger partial charge in [0.05, 0.1) is 20.8 Å². The lowest BCUT2D eigenvalue weighted by atomic mass is 10.3. The second kappa shape index (κ2) is 6.95. The first-order valence-electron chi connectivity index (χ1n) is 5.16. The SMILES string of the molecule is CCOCCOc1c(OC)[c]ccc1OC. The summed E-state index contributed by atoms with van der Waals surface area (Å²) in [6.45, 7) is 3.62. The van der Waals surface area contributed by atoms with Crippen molar-refractivity contribution in [2.24, 2.45) is 0 Å². The van der Waals surface area contributed by atoms with Gasteiger partial charge in [-0.15, -0.1) is 0 Å². The summed E-state index contributed by atoms with van der Waals surface area (Å²) in [6, 6.07) is 6.44. The summed E-state index contributed by atoms with van der Waals surface area (Å²) in [6.07, 6.45) is 0. The normalized spacial score (nSPS) is 9.94. The molecule has 4 heteroatoms. The van der Waals surface area contributed by atoms with E-state index in [1.807, 2.05) is 6.92 Å². The van der Waals surface area contributed by atoms with Gasteiger partial charge in [-0.1, -0.05) is 0 Å². The molecule has 0 unspecified atom stereocenters. The highest BCUT2D eigenvalue weighted by Gasteiger charge is 2.10. The molecule has 0 heterocycles. The largest absolute Gasteiger partial charge is 0.493 e. The number of methoxy groups -OCH3 is 2. The van der Waals surface area contributed by atoms with Crippen LogP contribution in [0.2, 0.25) is 0 Å². The lowest BCUT2D eigenvalue weighted by Gasteiger charge is -2.13. The highest BCUT2D eigenvalue weighted by molar-refractivity contribution is 5.50. The van der Waals surface area contributed by atoms with Crippen LogP contribution in [-0.2, 0) is 4.74 Å². The second-order valence-electron chi connectivity index (χ2n) is 2.95. The van der Waals surface area contributed by atoms with Crippen molar-refractivity contribution >= 4 is 0 Å². The van der Waals surface area contributed by atoms with E-state index in [9.17, 15) is 0 Å². The third kappa shape index (κ3) is 3.31. The summed E-state index contributed by atoms with van der Waals surface area (Å²) in [4.78, 5) is 0. The minimum absolute atomic E-state index is 0.457. The Kier molecular flexibility index (Phi) is 5.50. The Balaban J connectivity index is 2.67. The van der Waals surface area contributed by atoms with Gasteiger partial charge in [-0.2, -0.15) is 0 Å². The number of benzene rings is 1. The Morgan fingerprint density at radius 3 is 2.62 bits per heavy atom. The molecule has 0 amide bonds. The van der Waals surface area contributed by atoms with Crippen molar-refractivity contribution in [1.29, 1.82) is 0 Å². The van der Waals surface area contributed by atoms with E-state index in [0.29, 0.717) is 37.1 Å². The molecule has 0 aliphatic carbocycles. The Bertz CT molecular complexity index is 290. The fourth-order valence-electron chi connectivity index (χ4n) is 1.24. The highest BCUT2D eigenvalue weighted by atomic mass is 16.6. The van der Waals surface area contributed by atoms with Crippen molar-refractivity contribution in [3.63, 3.8) is 0 Å². The molecule has 1 aromatic rings. The van der Waals surface area contributed by atoms with E-state index in [2.05, 4.69) is 6.07 Å². The van der Waals surface area contributed by atoms with Crippen LogP contribution in [0.1, 0.15) is 6.92 Å². The smallest absolute Gasteiger partial charge is 0.204 e. The molecule has 0 N–H and O–H groups in total. The van der Waals surface area contributed by atoms with Gasteiger partial charge < -0.3 is 18.9 Å². The average molecular weight is 225 g/mol. The van der Waals surface area contributed by atoms with Crippen molar-refractivity contribution in [2.75, 3.05) is 34.0 Å². The molecule has 0 aliphatic heterocycles. The molecule has 0 saturated heterocycles. The van der Waals surface area contributed by atoms with Crippen molar-refractivity contribution in [1.82, 2.24) is 0 Å². The maximum Gasteiger partial charge on any atom is 0.204 e. The van der Waals surface area contributed by atoms with Gasteiger partial charge in [0.25, 0.3) is 0 Å². The van der Waals surface area contributed by atoms with Crippen LogP contribution in [0.4, 0.5) is 0 Å². The molecular weight excluding hydrogens is 208 g/mol. The Morgan fingerprint density at radius 2 is 2.00 bits per heavy atom. The van der Waals surface area contributed by atoms with Gasteiger partial charge in [-0.05, 0) is 19.1 Å². The van der Waals surface area contributed by atoms with Crippen LogP contribution in [-0.4, -0.2) is 34.0 Å². The predicted molar refractivity (Wildman–Crippen MR) is 60.4 cm³/mol. The van der Waals surface area contributed by atoms with Crippen molar-refractivity contribution in [3.05, 3.63) is 18.2 Å². The zero-order valence-electron chi connectivity index (χ0n) is 9.91. The van der Waals surface area contributed by atoms with E-state index in [1.165, 1.54) is 0 Å². The topological polar surface area (TPSA) is 36.9 Å². The van der Waals surface area contributed by atoms with Gasteiger partial charge in [-0.25, -0.2) is 0 Å². The van der Waals surface area contributed by atoms with Crippen molar-refractivity contribution in [3.8, 4) is 17.2 Å². The second-order valence-corrected chi connectivity index (χ2v) is 2.95. The fourth-order valence-corrected chi connectivity index (χ4v) is 1.24. The first-order chi connectivity index (χ1) is 7.83. The fraction of sp³-hybridized carbons (Fsp3) is 0.500. The summed E-state index contributed by atoms with van der Waals surface area (Å²) in [5.41, 5.74) is 0. The molecule has 0 spiro atoms. The van der Waals surface area contributed by atoms with E-state index in [4.69, 9.17) is 18.9 Å². The Hall–Kier alpha value is -1.42.